The summed E-state index contributed by atoms with van der Waals surface area (Å²) < 4.78 is 18.4. The molecule has 0 aromatic heterocycles. The van der Waals surface area contributed by atoms with E-state index in [1.165, 1.54) is 0 Å². The topological polar surface area (TPSA) is 89.1 Å². The molecule has 31 heavy (non-hydrogen) atoms. The molecule has 0 unspecified atom stereocenters. The lowest BCUT2D eigenvalue weighted by atomic mass is 10.0. The van der Waals surface area contributed by atoms with Gasteiger partial charge in [-0.05, 0) is 37.5 Å². The summed E-state index contributed by atoms with van der Waals surface area (Å²) in [6, 6.07) is 11.6. The predicted molar refractivity (Wildman–Crippen MR) is 122 cm³/mol. The van der Waals surface area contributed by atoms with Crippen molar-refractivity contribution >= 4 is 14.2 Å². The van der Waals surface area contributed by atoms with Gasteiger partial charge in [0.25, 0.3) is 0 Å². The highest BCUT2D eigenvalue weighted by molar-refractivity contribution is 6.73. The third-order valence-electron chi connectivity index (χ3n) is 6.75. The van der Waals surface area contributed by atoms with Crippen LogP contribution in [0.5, 0.6) is 0 Å². The minimum absolute atomic E-state index is 0.167. The molecule has 0 saturated carbocycles. The van der Waals surface area contributed by atoms with E-state index in [0.29, 0.717) is 13.2 Å². The van der Waals surface area contributed by atoms with Gasteiger partial charge in [-0.3, -0.25) is 10.1 Å². The molecule has 0 radical (unpaired) electrons. The van der Waals surface area contributed by atoms with Crippen LogP contribution in [0.15, 0.2) is 30.3 Å². The molecule has 0 spiro atoms. The van der Waals surface area contributed by atoms with Crippen LogP contribution < -0.4 is 10.6 Å². The van der Waals surface area contributed by atoms with E-state index in [0.717, 1.165) is 23.7 Å². The molecule has 7 nitrogen and oxygen atoms in total. The highest BCUT2D eigenvalue weighted by Gasteiger charge is 2.53. The molecular weight excluding hydrogens is 412 g/mol. The Morgan fingerprint density at radius 1 is 1.23 bits per heavy atom. The first-order chi connectivity index (χ1) is 14.7. The van der Waals surface area contributed by atoms with Crippen LogP contribution in [0.1, 0.15) is 40.2 Å². The minimum Gasteiger partial charge on any atom is -0.409 e. The average molecular weight is 451 g/mol. The Morgan fingerprint density at radius 2 is 1.87 bits per heavy atom. The Bertz CT molecular complexity index is 720. The number of aliphatic hydroxyl groups excluding tert-OH is 1. The van der Waals surface area contributed by atoms with Gasteiger partial charge in [0.15, 0.2) is 14.1 Å². The van der Waals surface area contributed by atoms with Crippen molar-refractivity contribution in [3.63, 3.8) is 0 Å². The number of nitrogens with one attached hydrogen (secondary N) is 2. The summed E-state index contributed by atoms with van der Waals surface area (Å²) in [5.74, 6) is -0.870. The van der Waals surface area contributed by atoms with E-state index in [2.05, 4.69) is 31.4 Å². The number of hydrogen-bond acceptors (Lipinski definition) is 6. The van der Waals surface area contributed by atoms with Gasteiger partial charge >= 0.3 is 0 Å². The number of amides is 1. The summed E-state index contributed by atoms with van der Waals surface area (Å²) in [5, 5.41) is 17.6. The Hall–Kier alpha value is -1.29. The van der Waals surface area contributed by atoms with Crippen LogP contribution in [0.4, 0.5) is 0 Å². The number of benzene rings is 1. The maximum atomic E-state index is 13.2. The lowest BCUT2D eigenvalue weighted by Gasteiger charge is -2.35. The Balaban J connectivity index is 1.78. The normalized spacial score (nSPS) is 30.5. The van der Waals surface area contributed by atoms with Gasteiger partial charge in [0.1, 0.15) is 12.1 Å². The molecule has 3 rings (SSSR count). The number of carbonyl (C=O) groups excluding carboxylic acids is 1. The summed E-state index contributed by atoms with van der Waals surface area (Å²) in [6.07, 6.45) is -1.81. The van der Waals surface area contributed by atoms with Crippen molar-refractivity contribution in [1.29, 1.82) is 0 Å². The SMILES string of the molecule is CC[Si](CC)(CC)O[C@@H]1[C@@H](O)[C@H]([C@H]2COC(C)(C)O2)N[C@@H]1C(=O)NCc1ccccc1. The summed E-state index contributed by atoms with van der Waals surface area (Å²) >= 11 is 0. The molecule has 1 aromatic rings. The van der Waals surface area contributed by atoms with Crippen LogP contribution in [0, 0.1) is 0 Å². The van der Waals surface area contributed by atoms with Gasteiger partial charge < -0.3 is 24.3 Å². The van der Waals surface area contributed by atoms with Crippen molar-refractivity contribution in [1.82, 2.24) is 10.6 Å². The molecule has 5 atom stereocenters. The monoisotopic (exact) mass is 450 g/mol. The van der Waals surface area contributed by atoms with Crippen molar-refractivity contribution in [3.05, 3.63) is 35.9 Å². The second-order valence-electron chi connectivity index (χ2n) is 9.06. The molecule has 8 heteroatoms. The molecule has 0 aliphatic carbocycles. The van der Waals surface area contributed by atoms with Crippen LogP contribution >= 0.6 is 0 Å². The molecule has 174 valence electrons. The number of ether oxygens (including phenoxy) is 2. The van der Waals surface area contributed by atoms with Crippen molar-refractivity contribution in [2.75, 3.05) is 6.61 Å². The average Bonchev–Trinajstić information content (AvgIpc) is 3.30. The van der Waals surface area contributed by atoms with Crippen LogP contribution in [0.25, 0.3) is 0 Å². The first-order valence-electron chi connectivity index (χ1n) is 11.5. The number of hydrogen-bond donors (Lipinski definition) is 3. The second-order valence-corrected chi connectivity index (χ2v) is 13.8. The van der Waals surface area contributed by atoms with Crippen molar-refractivity contribution in [2.24, 2.45) is 0 Å². The maximum absolute atomic E-state index is 13.2. The highest BCUT2D eigenvalue weighted by Crippen LogP contribution is 2.33. The fourth-order valence-electron chi connectivity index (χ4n) is 4.57. The van der Waals surface area contributed by atoms with E-state index in [9.17, 15) is 9.90 Å². The molecular formula is C23H38N2O5Si. The van der Waals surface area contributed by atoms with Crippen LogP contribution in [0.2, 0.25) is 18.1 Å². The van der Waals surface area contributed by atoms with Crippen molar-refractivity contribution in [2.45, 2.75) is 95.5 Å². The molecule has 0 bridgehead atoms. The van der Waals surface area contributed by atoms with E-state index in [-0.39, 0.29) is 12.0 Å². The van der Waals surface area contributed by atoms with Gasteiger partial charge in [-0.25, -0.2) is 0 Å². The fourth-order valence-corrected chi connectivity index (χ4v) is 7.42. The lowest BCUT2D eigenvalue weighted by molar-refractivity contribution is -0.144. The third kappa shape index (κ3) is 5.56. The maximum Gasteiger partial charge on any atom is 0.240 e. The molecule has 2 heterocycles. The molecule has 1 aromatic carbocycles. The Morgan fingerprint density at radius 3 is 2.42 bits per heavy atom. The zero-order chi connectivity index (χ0) is 22.6. The second kappa shape index (κ2) is 10.1. The Kier molecular flexibility index (Phi) is 7.94. The van der Waals surface area contributed by atoms with Crippen molar-refractivity contribution < 1.29 is 23.8 Å². The summed E-state index contributed by atoms with van der Waals surface area (Å²) in [5.41, 5.74) is 1.03. The van der Waals surface area contributed by atoms with E-state index >= 15 is 0 Å². The van der Waals surface area contributed by atoms with E-state index in [1.807, 2.05) is 44.2 Å². The van der Waals surface area contributed by atoms with Gasteiger partial charge in [-0.2, -0.15) is 0 Å². The van der Waals surface area contributed by atoms with Crippen LogP contribution in [0.3, 0.4) is 0 Å². The van der Waals surface area contributed by atoms with Gasteiger partial charge in [-0.1, -0.05) is 51.1 Å². The first kappa shape index (κ1) is 24.4. The van der Waals surface area contributed by atoms with Gasteiger partial charge in [0, 0.05) is 6.54 Å². The fraction of sp³-hybridized carbons (Fsp3) is 0.696. The first-order valence-corrected chi connectivity index (χ1v) is 14.0. The smallest absolute Gasteiger partial charge is 0.240 e. The van der Waals surface area contributed by atoms with E-state index < -0.39 is 38.4 Å². The third-order valence-corrected chi connectivity index (χ3v) is 11.4. The summed E-state index contributed by atoms with van der Waals surface area (Å²) in [6.45, 7) is 10.9. The largest absolute Gasteiger partial charge is 0.409 e. The zero-order valence-electron chi connectivity index (χ0n) is 19.4. The van der Waals surface area contributed by atoms with E-state index in [1.54, 1.807) is 0 Å². The molecule has 2 fully saturated rings. The highest BCUT2D eigenvalue weighted by atomic mass is 28.4. The molecule has 2 aliphatic heterocycles. The molecule has 2 aliphatic rings. The lowest BCUT2D eigenvalue weighted by Crippen LogP contribution is -2.52. The van der Waals surface area contributed by atoms with Gasteiger partial charge in [0.2, 0.25) is 5.91 Å². The molecule has 3 N–H and O–H groups in total. The predicted octanol–water partition coefficient (Wildman–Crippen LogP) is 2.55. The number of carbonyl (C=O) groups is 1. The number of aliphatic hydroxyl groups is 1. The van der Waals surface area contributed by atoms with Gasteiger partial charge in [-0.15, -0.1) is 0 Å². The standard InChI is InChI=1S/C23H38N2O5Si/c1-6-31(7-2,8-3)30-21-19(22(27)24-14-16-12-10-9-11-13-16)25-18(20(21)26)17-15-28-23(4,5)29-17/h9-13,17-21,25-26H,6-8,14-15H2,1-5H3,(H,24,27)/t17-,18+,19+,20+,21+/m1/s1. The van der Waals surface area contributed by atoms with Crippen molar-refractivity contribution in [3.8, 4) is 0 Å². The van der Waals surface area contributed by atoms with E-state index in [4.69, 9.17) is 13.9 Å². The Labute approximate surface area is 187 Å². The zero-order valence-corrected chi connectivity index (χ0v) is 20.4. The van der Waals surface area contributed by atoms with Gasteiger partial charge in [0.05, 0.1) is 24.9 Å². The molecule has 1 amide bonds. The summed E-state index contributed by atoms with van der Waals surface area (Å²) in [7, 11) is -2.05. The molecule has 2 saturated heterocycles. The number of rotatable bonds is 9. The quantitative estimate of drug-likeness (QED) is 0.501. The van der Waals surface area contributed by atoms with Crippen LogP contribution in [-0.2, 0) is 25.2 Å². The van der Waals surface area contributed by atoms with Crippen LogP contribution in [-0.4, -0.2) is 62.1 Å². The minimum atomic E-state index is -2.05. The summed E-state index contributed by atoms with van der Waals surface area (Å²) in [4.78, 5) is 13.2.